The number of halogens is 1. The van der Waals surface area contributed by atoms with Crippen molar-refractivity contribution in [2.75, 3.05) is 19.7 Å². The summed E-state index contributed by atoms with van der Waals surface area (Å²) in [5.41, 5.74) is 1.32. The molecule has 0 aliphatic carbocycles. The number of aromatic nitrogens is 1. The quantitative estimate of drug-likeness (QED) is 0.863. The molecule has 0 saturated carbocycles. The Hall–Kier alpha value is -2.43. The number of amides is 1. The van der Waals surface area contributed by atoms with Crippen LogP contribution in [-0.4, -0.2) is 35.5 Å². The van der Waals surface area contributed by atoms with Crippen molar-refractivity contribution >= 4 is 5.91 Å². The van der Waals surface area contributed by atoms with Crippen LogP contribution in [0.1, 0.15) is 29.0 Å². The van der Waals surface area contributed by atoms with Crippen molar-refractivity contribution in [2.45, 2.75) is 19.8 Å². The fourth-order valence-electron chi connectivity index (χ4n) is 2.98. The smallest absolute Gasteiger partial charge is 0.272 e. The molecule has 1 saturated heterocycles. The van der Waals surface area contributed by atoms with Crippen LogP contribution in [-0.2, 0) is 0 Å². The Morgan fingerprint density at radius 3 is 2.96 bits per heavy atom. The van der Waals surface area contributed by atoms with E-state index in [4.69, 9.17) is 4.74 Å². The summed E-state index contributed by atoms with van der Waals surface area (Å²) in [5.74, 6) is 0.433. The molecule has 0 N–H and O–H groups in total. The Morgan fingerprint density at radius 2 is 2.17 bits per heavy atom. The Bertz CT molecular complexity index is 720. The molecule has 1 atom stereocenters. The highest BCUT2D eigenvalue weighted by atomic mass is 19.1. The van der Waals surface area contributed by atoms with E-state index in [9.17, 15) is 9.18 Å². The van der Waals surface area contributed by atoms with Gasteiger partial charge in [0.05, 0.1) is 6.61 Å². The lowest BCUT2D eigenvalue weighted by Crippen LogP contribution is -2.41. The summed E-state index contributed by atoms with van der Waals surface area (Å²) in [5, 5.41) is 0. The molecule has 5 heteroatoms. The highest BCUT2D eigenvalue weighted by Gasteiger charge is 2.25. The molecular weight excluding hydrogens is 307 g/mol. The summed E-state index contributed by atoms with van der Waals surface area (Å²) in [4.78, 5) is 18.7. The third kappa shape index (κ3) is 4.10. The maximum Gasteiger partial charge on any atom is 0.272 e. The van der Waals surface area contributed by atoms with Crippen LogP contribution in [0.3, 0.4) is 0 Å². The second-order valence-electron chi connectivity index (χ2n) is 6.19. The van der Waals surface area contributed by atoms with Crippen LogP contribution in [0.5, 0.6) is 5.75 Å². The van der Waals surface area contributed by atoms with Crippen LogP contribution in [0, 0.1) is 18.7 Å². The lowest BCUT2D eigenvalue weighted by Gasteiger charge is -2.32. The number of hydrogen-bond donors (Lipinski definition) is 0. The molecule has 2 aromatic rings. The van der Waals surface area contributed by atoms with E-state index in [2.05, 4.69) is 4.98 Å². The van der Waals surface area contributed by atoms with E-state index >= 15 is 0 Å². The van der Waals surface area contributed by atoms with Gasteiger partial charge in [0.15, 0.2) is 0 Å². The fraction of sp³-hybridized carbons (Fsp3) is 0.368. The van der Waals surface area contributed by atoms with E-state index in [0.717, 1.165) is 25.1 Å². The molecule has 1 amide bonds. The van der Waals surface area contributed by atoms with Gasteiger partial charge in [-0.3, -0.25) is 4.79 Å². The predicted molar refractivity (Wildman–Crippen MR) is 89.5 cm³/mol. The van der Waals surface area contributed by atoms with E-state index in [1.165, 1.54) is 12.1 Å². The molecule has 1 fully saturated rings. The molecule has 24 heavy (non-hydrogen) atoms. The Morgan fingerprint density at radius 1 is 1.33 bits per heavy atom. The van der Waals surface area contributed by atoms with E-state index in [1.807, 2.05) is 24.0 Å². The average molecular weight is 328 g/mol. The maximum atomic E-state index is 13.2. The van der Waals surface area contributed by atoms with Gasteiger partial charge in [0, 0.05) is 30.8 Å². The first-order valence-electron chi connectivity index (χ1n) is 8.23. The number of hydrogen-bond acceptors (Lipinski definition) is 3. The maximum absolute atomic E-state index is 13.2. The van der Waals surface area contributed by atoms with Crippen LogP contribution in [0.2, 0.25) is 0 Å². The zero-order valence-corrected chi connectivity index (χ0v) is 13.7. The summed E-state index contributed by atoms with van der Waals surface area (Å²) in [7, 11) is 0. The molecule has 4 nitrogen and oxygen atoms in total. The number of aryl methyl sites for hydroxylation is 1. The first-order valence-corrected chi connectivity index (χ1v) is 8.23. The van der Waals surface area contributed by atoms with Crippen molar-refractivity contribution in [3.8, 4) is 5.75 Å². The molecule has 0 radical (unpaired) electrons. The molecule has 126 valence electrons. The van der Waals surface area contributed by atoms with Crippen LogP contribution in [0.25, 0.3) is 0 Å². The van der Waals surface area contributed by atoms with Gasteiger partial charge >= 0.3 is 0 Å². The number of carbonyl (C=O) groups is 1. The Kier molecular flexibility index (Phi) is 5.08. The van der Waals surface area contributed by atoms with Crippen molar-refractivity contribution < 1.29 is 13.9 Å². The topological polar surface area (TPSA) is 42.4 Å². The van der Waals surface area contributed by atoms with Crippen LogP contribution in [0.15, 0.2) is 42.5 Å². The summed E-state index contributed by atoms with van der Waals surface area (Å²) in [6.45, 7) is 3.74. The Balaban J connectivity index is 1.59. The van der Waals surface area contributed by atoms with Crippen molar-refractivity contribution in [3.63, 3.8) is 0 Å². The van der Waals surface area contributed by atoms with Gasteiger partial charge in [-0.15, -0.1) is 0 Å². The minimum atomic E-state index is -0.307. The number of pyridine rings is 1. The lowest BCUT2D eigenvalue weighted by atomic mass is 9.98. The molecule has 3 rings (SSSR count). The fourth-order valence-corrected chi connectivity index (χ4v) is 2.98. The van der Waals surface area contributed by atoms with Crippen molar-refractivity contribution in [2.24, 2.45) is 5.92 Å². The zero-order valence-electron chi connectivity index (χ0n) is 13.7. The highest BCUT2D eigenvalue weighted by Crippen LogP contribution is 2.20. The first kappa shape index (κ1) is 16.4. The SMILES string of the molecule is Cc1cccc(C(=O)N2CCC[C@@H](COc3cccc(F)c3)C2)n1. The van der Waals surface area contributed by atoms with Gasteiger partial charge in [-0.05, 0) is 44.0 Å². The Labute approximate surface area is 141 Å². The molecule has 1 aromatic heterocycles. The number of likely N-dealkylation sites (tertiary alicyclic amines) is 1. The van der Waals surface area contributed by atoms with Crippen LogP contribution >= 0.6 is 0 Å². The second kappa shape index (κ2) is 7.43. The van der Waals surface area contributed by atoms with Crippen LogP contribution in [0.4, 0.5) is 4.39 Å². The minimum absolute atomic E-state index is 0.0332. The molecule has 1 aliphatic rings. The van der Waals surface area contributed by atoms with Gasteiger partial charge < -0.3 is 9.64 Å². The van der Waals surface area contributed by atoms with Crippen LogP contribution < -0.4 is 4.74 Å². The summed E-state index contributed by atoms with van der Waals surface area (Å²) in [6.07, 6.45) is 1.94. The standard InChI is InChI=1S/C19H21FN2O2/c1-14-5-2-9-18(21-14)19(23)22-10-4-6-15(12-22)13-24-17-8-3-7-16(20)11-17/h2-3,5,7-9,11,15H,4,6,10,12-13H2,1H3/t15-/m1/s1. The number of benzene rings is 1. The third-order valence-electron chi connectivity index (χ3n) is 4.20. The minimum Gasteiger partial charge on any atom is -0.493 e. The first-order chi connectivity index (χ1) is 11.6. The molecule has 0 spiro atoms. The van der Waals surface area contributed by atoms with Crippen molar-refractivity contribution in [1.29, 1.82) is 0 Å². The normalized spacial score (nSPS) is 17.6. The largest absolute Gasteiger partial charge is 0.493 e. The predicted octanol–water partition coefficient (Wildman–Crippen LogP) is 3.46. The van der Waals surface area contributed by atoms with Gasteiger partial charge in [0.25, 0.3) is 5.91 Å². The molecule has 2 heterocycles. The van der Waals surface area contributed by atoms with E-state index in [1.54, 1.807) is 18.2 Å². The van der Waals surface area contributed by atoms with Gasteiger partial charge in [0.1, 0.15) is 17.3 Å². The van der Waals surface area contributed by atoms with Crippen molar-refractivity contribution in [1.82, 2.24) is 9.88 Å². The van der Waals surface area contributed by atoms with Crippen molar-refractivity contribution in [3.05, 3.63) is 59.7 Å². The summed E-state index contributed by atoms with van der Waals surface area (Å²) in [6, 6.07) is 11.6. The zero-order chi connectivity index (χ0) is 16.9. The summed E-state index contributed by atoms with van der Waals surface area (Å²) < 4.78 is 18.9. The van der Waals surface area contributed by atoms with E-state index in [0.29, 0.717) is 24.6 Å². The van der Waals surface area contributed by atoms with E-state index < -0.39 is 0 Å². The number of nitrogens with zero attached hydrogens (tertiary/aromatic N) is 2. The monoisotopic (exact) mass is 328 g/mol. The summed E-state index contributed by atoms with van der Waals surface area (Å²) >= 11 is 0. The third-order valence-corrected chi connectivity index (χ3v) is 4.20. The lowest BCUT2D eigenvalue weighted by molar-refractivity contribution is 0.0627. The molecule has 1 aliphatic heterocycles. The average Bonchev–Trinajstić information content (AvgIpc) is 2.60. The van der Waals surface area contributed by atoms with Gasteiger partial charge in [-0.25, -0.2) is 9.37 Å². The number of rotatable bonds is 4. The van der Waals surface area contributed by atoms with Gasteiger partial charge in [-0.2, -0.15) is 0 Å². The number of piperidine rings is 1. The highest BCUT2D eigenvalue weighted by molar-refractivity contribution is 5.92. The van der Waals surface area contributed by atoms with Gasteiger partial charge in [0.2, 0.25) is 0 Å². The second-order valence-corrected chi connectivity index (χ2v) is 6.19. The molecule has 0 bridgehead atoms. The molecule has 1 aromatic carbocycles. The van der Waals surface area contributed by atoms with Gasteiger partial charge in [-0.1, -0.05) is 12.1 Å². The number of carbonyl (C=O) groups excluding carboxylic acids is 1. The molecular formula is C19H21FN2O2. The molecule has 0 unspecified atom stereocenters. The number of ether oxygens (including phenoxy) is 1. The van der Waals surface area contributed by atoms with E-state index in [-0.39, 0.29) is 17.6 Å².